The first kappa shape index (κ1) is 10.2. The van der Waals surface area contributed by atoms with Crippen LogP contribution in [0, 0.1) is 11.3 Å². The van der Waals surface area contributed by atoms with Crippen LogP contribution in [0.3, 0.4) is 0 Å². The van der Waals surface area contributed by atoms with Gasteiger partial charge in [0, 0.05) is 12.1 Å². The fourth-order valence-corrected chi connectivity index (χ4v) is 2.38. The van der Waals surface area contributed by atoms with Crippen molar-refractivity contribution in [1.82, 2.24) is 0 Å². The highest BCUT2D eigenvalue weighted by molar-refractivity contribution is 5.69. The second-order valence-electron chi connectivity index (χ2n) is 4.67. The van der Waals surface area contributed by atoms with Crippen molar-refractivity contribution >= 4 is 6.21 Å². The van der Waals surface area contributed by atoms with Gasteiger partial charge in [0.25, 0.3) is 0 Å². The van der Waals surface area contributed by atoms with Crippen LogP contribution < -0.4 is 0 Å². The molecule has 2 atom stereocenters. The maximum atomic E-state index is 4.74. The molecule has 1 aliphatic rings. The van der Waals surface area contributed by atoms with Crippen molar-refractivity contribution in [1.29, 1.82) is 0 Å². The Labute approximate surface area is 90.9 Å². The summed E-state index contributed by atoms with van der Waals surface area (Å²) in [6.45, 7) is 4.55. The predicted molar refractivity (Wildman–Crippen MR) is 62.0 cm³/mol. The Hall–Kier alpha value is -1.31. The summed E-state index contributed by atoms with van der Waals surface area (Å²) in [5.74, 6) is 1.08. The lowest BCUT2D eigenvalue weighted by Gasteiger charge is -2.01. The molecule has 0 aromatic heterocycles. The summed E-state index contributed by atoms with van der Waals surface area (Å²) in [6, 6.07) is 10.6. The molecule has 0 amide bonds. The molecule has 15 heavy (non-hydrogen) atoms. The van der Waals surface area contributed by atoms with Crippen LogP contribution in [-0.2, 0) is 4.84 Å². The molecule has 2 rings (SSSR count). The van der Waals surface area contributed by atoms with Crippen LogP contribution in [0.25, 0.3) is 0 Å². The van der Waals surface area contributed by atoms with Crippen molar-refractivity contribution in [2.45, 2.75) is 19.8 Å². The molecule has 1 aromatic carbocycles. The van der Waals surface area contributed by atoms with Gasteiger partial charge in [-0.15, -0.1) is 0 Å². The van der Waals surface area contributed by atoms with Gasteiger partial charge in [-0.05, 0) is 16.9 Å². The van der Waals surface area contributed by atoms with E-state index in [1.165, 1.54) is 5.56 Å². The topological polar surface area (TPSA) is 21.6 Å². The average molecular weight is 203 g/mol. The van der Waals surface area contributed by atoms with E-state index in [2.05, 4.69) is 49.3 Å². The third-order valence-electron chi connectivity index (χ3n) is 3.40. The molecule has 0 spiro atoms. The minimum Gasteiger partial charge on any atom is -0.399 e. The Balaban J connectivity index is 2.16. The molecule has 0 aliphatic heterocycles. The van der Waals surface area contributed by atoms with Crippen molar-refractivity contribution in [3.63, 3.8) is 0 Å². The van der Waals surface area contributed by atoms with Gasteiger partial charge in [0.2, 0.25) is 0 Å². The van der Waals surface area contributed by atoms with Gasteiger partial charge in [-0.1, -0.05) is 49.3 Å². The Bertz CT molecular complexity index is 356. The van der Waals surface area contributed by atoms with Crippen LogP contribution in [0.15, 0.2) is 35.5 Å². The molecule has 0 bridgehead atoms. The summed E-state index contributed by atoms with van der Waals surface area (Å²) in [5.41, 5.74) is 1.71. The summed E-state index contributed by atoms with van der Waals surface area (Å²) in [4.78, 5) is 4.74. The monoisotopic (exact) mass is 203 g/mol. The molecule has 80 valence electrons. The van der Waals surface area contributed by atoms with Gasteiger partial charge >= 0.3 is 0 Å². The minimum absolute atomic E-state index is 0.309. The molecular weight excluding hydrogens is 186 g/mol. The van der Waals surface area contributed by atoms with E-state index in [1.54, 1.807) is 7.11 Å². The van der Waals surface area contributed by atoms with Gasteiger partial charge in [0.05, 0.1) is 0 Å². The van der Waals surface area contributed by atoms with Gasteiger partial charge in [-0.25, -0.2) is 0 Å². The first-order valence-electron chi connectivity index (χ1n) is 5.29. The zero-order chi connectivity index (χ0) is 10.9. The molecule has 2 heteroatoms. The van der Waals surface area contributed by atoms with Crippen molar-refractivity contribution in [2.24, 2.45) is 16.5 Å². The summed E-state index contributed by atoms with van der Waals surface area (Å²) in [6.07, 6.45) is 1.93. The zero-order valence-corrected chi connectivity index (χ0v) is 9.47. The number of oxime groups is 1. The van der Waals surface area contributed by atoms with E-state index >= 15 is 0 Å². The lowest BCUT2D eigenvalue weighted by Crippen LogP contribution is -1.91. The van der Waals surface area contributed by atoms with Crippen molar-refractivity contribution in [3.8, 4) is 0 Å². The second kappa shape index (κ2) is 3.69. The molecule has 0 N–H and O–H groups in total. The van der Waals surface area contributed by atoms with Crippen molar-refractivity contribution in [2.75, 3.05) is 7.11 Å². The van der Waals surface area contributed by atoms with Crippen LogP contribution >= 0.6 is 0 Å². The average Bonchev–Trinajstić information content (AvgIpc) is 2.79. The van der Waals surface area contributed by atoms with Gasteiger partial charge < -0.3 is 4.84 Å². The first-order valence-corrected chi connectivity index (χ1v) is 5.29. The van der Waals surface area contributed by atoms with Crippen LogP contribution in [0.5, 0.6) is 0 Å². The van der Waals surface area contributed by atoms with E-state index in [9.17, 15) is 0 Å². The number of benzene rings is 1. The van der Waals surface area contributed by atoms with Crippen LogP contribution in [-0.4, -0.2) is 13.3 Å². The fourth-order valence-electron chi connectivity index (χ4n) is 2.38. The minimum atomic E-state index is 0.309. The van der Waals surface area contributed by atoms with Crippen molar-refractivity contribution < 1.29 is 4.84 Å². The molecule has 1 aromatic rings. The predicted octanol–water partition coefficient (Wildman–Crippen LogP) is 3.06. The Morgan fingerprint density at radius 1 is 1.27 bits per heavy atom. The van der Waals surface area contributed by atoms with Crippen LogP contribution in [0.1, 0.15) is 25.3 Å². The highest BCUT2D eigenvalue weighted by Gasteiger charge is 2.57. The SMILES string of the molecule is CO/N=C/C1C(c2ccccc2)C1(C)C. The van der Waals surface area contributed by atoms with Crippen molar-refractivity contribution in [3.05, 3.63) is 35.9 Å². The van der Waals surface area contributed by atoms with E-state index in [-0.39, 0.29) is 0 Å². The smallest absolute Gasteiger partial charge is 0.106 e. The number of hydrogen-bond donors (Lipinski definition) is 0. The normalized spacial score (nSPS) is 27.9. The number of hydrogen-bond acceptors (Lipinski definition) is 2. The quantitative estimate of drug-likeness (QED) is 0.546. The molecule has 0 radical (unpaired) electrons. The summed E-state index contributed by atoms with van der Waals surface area (Å²) in [5, 5.41) is 3.88. The Morgan fingerprint density at radius 3 is 2.53 bits per heavy atom. The fraction of sp³-hybridized carbons (Fsp3) is 0.462. The Morgan fingerprint density at radius 2 is 1.93 bits per heavy atom. The first-order chi connectivity index (χ1) is 7.18. The highest BCUT2D eigenvalue weighted by atomic mass is 16.6. The summed E-state index contributed by atoms with van der Waals surface area (Å²) >= 11 is 0. The van der Waals surface area contributed by atoms with Gasteiger partial charge in [0.1, 0.15) is 7.11 Å². The standard InChI is InChI=1S/C13H17NO/c1-13(2)11(9-14-15-3)12(13)10-7-5-4-6-8-10/h4-9,11-12H,1-3H3/b14-9+. The molecule has 2 unspecified atom stereocenters. The third-order valence-corrected chi connectivity index (χ3v) is 3.40. The summed E-state index contributed by atoms with van der Waals surface area (Å²) < 4.78 is 0. The maximum Gasteiger partial charge on any atom is 0.106 e. The Kier molecular flexibility index (Phi) is 2.51. The zero-order valence-electron chi connectivity index (χ0n) is 9.47. The highest BCUT2D eigenvalue weighted by Crippen LogP contribution is 2.63. The maximum absolute atomic E-state index is 4.74. The van der Waals surface area contributed by atoms with E-state index in [0.29, 0.717) is 17.3 Å². The molecule has 1 aliphatic carbocycles. The molecule has 1 saturated carbocycles. The molecule has 2 nitrogen and oxygen atoms in total. The second-order valence-corrected chi connectivity index (χ2v) is 4.67. The lowest BCUT2D eigenvalue weighted by atomic mass is 10.0. The van der Waals surface area contributed by atoms with Crippen LogP contribution in [0.2, 0.25) is 0 Å². The molecule has 0 heterocycles. The van der Waals surface area contributed by atoms with E-state index in [0.717, 1.165) is 0 Å². The molecule has 0 saturated heterocycles. The lowest BCUT2D eigenvalue weighted by molar-refractivity contribution is 0.214. The largest absolute Gasteiger partial charge is 0.399 e. The van der Waals surface area contributed by atoms with E-state index < -0.39 is 0 Å². The van der Waals surface area contributed by atoms with E-state index in [4.69, 9.17) is 4.84 Å². The van der Waals surface area contributed by atoms with Gasteiger partial charge in [0.15, 0.2) is 0 Å². The van der Waals surface area contributed by atoms with Gasteiger partial charge in [-0.3, -0.25) is 0 Å². The molecular formula is C13H17NO. The van der Waals surface area contributed by atoms with Gasteiger partial charge in [-0.2, -0.15) is 0 Å². The molecule has 1 fully saturated rings. The van der Waals surface area contributed by atoms with E-state index in [1.807, 2.05) is 6.21 Å². The third kappa shape index (κ3) is 1.76. The number of nitrogens with zero attached hydrogens (tertiary/aromatic N) is 1. The van der Waals surface area contributed by atoms with Crippen LogP contribution in [0.4, 0.5) is 0 Å². The summed E-state index contributed by atoms with van der Waals surface area (Å²) in [7, 11) is 1.59. The number of rotatable bonds is 3.